The molecule has 0 aromatic heterocycles. The number of esters is 2. The fourth-order valence-electron chi connectivity index (χ4n) is 5.14. The summed E-state index contributed by atoms with van der Waals surface area (Å²) in [7, 11) is -5.17. The van der Waals surface area contributed by atoms with Gasteiger partial charge in [-0.25, -0.2) is 4.57 Å². The van der Waals surface area contributed by atoms with Gasteiger partial charge in [-0.15, -0.1) is 0 Å². The molecular formula is C45H67O13P. The molecule has 0 bridgehead atoms. The Balaban J connectivity index is 2.66. The standard InChI is InChI=1S/C45H67O13P/c1-3-5-7-9-11-13-15-17-19-21-23-25-27-29-31-33-38(46)55-35-37(36-56-59(53,54)58-45-43(51)41(49)40(48)42(50)44(45)52)57-39(47)34-32-30-28-26-24-22-20-18-16-14-12-10-8-6-4-2/h5-8,11-14,17-20,23-26,29-32,37,40-45,48-52H,3-4,9-10,15-16,21-22,27-28,33-36H2,1-2H3,(H,53,54)/b7-5-,8-6-,13-11-,14-12-,19-17-,20-18-,25-23-,26-24-,31-29-,32-30-. The number of hydrogen-bond donors (Lipinski definition) is 6. The Hall–Kier alpha value is -3.75. The van der Waals surface area contributed by atoms with Crippen LogP contribution in [0.15, 0.2) is 122 Å². The molecule has 330 valence electrons. The molecule has 14 heteroatoms. The van der Waals surface area contributed by atoms with Gasteiger partial charge in [-0.1, -0.05) is 135 Å². The molecule has 0 saturated heterocycles. The van der Waals surface area contributed by atoms with E-state index in [2.05, 4.69) is 86.8 Å². The molecule has 0 aliphatic heterocycles. The van der Waals surface area contributed by atoms with Crippen LogP contribution in [0, 0.1) is 0 Å². The van der Waals surface area contributed by atoms with Crippen LogP contribution in [0.5, 0.6) is 0 Å². The van der Waals surface area contributed by atoms with Crippen molar-refractivity contribution in [2.24, 2.45) is 0 Å². The molecule has 0 spiro atoms. The second-order valence-corrected chi connectivity index (χ2v) is 14.8. The number of aliphatic hydroxyl groups is 5. The average Bonchev–Trinajstić information content (AvgIpc) is 3.21. The third kappa shape index (κ3) is 26.9. The van der Waals surface area contributed by atoms with Gasteiger partial charge >= 0.3 is 19.8 Å². The Morgan fingerprint density at radius 2 is 0.814 bits per heavy atom. The quantitative estimate of drug-likeness (QED) is 0.0244. The molecular weight excluding hydrogens is 779 g/mol. The molecule has 1 aliphatic rings. The molecule has 1 fully saturated rings. The molecule has 1 saturated carbocycles. The summed E-state index contributed by atoms with van der Waals surface area (Å²) >= 11 is 0. The zero-order chi connectivity index (χ0) is 43.6. The number of aliphatic hydroxyl groups excluding tert-OH is 5. The van der Waals surface area contributed by atoms with Gasteiger partial charge in [0.25, 0.3) is 0 Å². The minimum atomic E-state index is -5.17. The summed E-state index contributed by atoms with van der Waals surface area (Å²) in [5, 5.41) is 50.0. The van der Waals surface area contributed by atoms with E-state index in [1.54, 1.807) is 24.3 Å². The number of phosphoric acid groups is 1. The van der Waals surface area contributed by atoms with E-state index in [0.29, 0.717) is 12.8 Å². The van der Waals surface area contributed by atoms with Gasteiger partial charge in [0, 0.05) is 0 Å². The van der Waals surface area contributed by atoms with Crippen LogP contribution < -0.4 is 0 Å². The number of carbonyl (C=O) groups is 2. The van der Waals surface area contributed by atoms with Crippen molar-refractivity contribution in [1.29, 1.82) is 0 Å². The van der Waals surface area contributed by atoms with Crippen LogP contribution in [0.4, 0.5) is 0 Å². The SMILES string of the molecule is CC/C=C\C/C=C\C/C=C\C/C=C\C/C=C\CC(=O)OCC(COP(=O)(O)OC1C(O)C(O)C(O)C(O)C1O)OC(=O)C/C=C\C/C=C\C/C=C\C/C=C\C/C=C\CC. The van der Waals surface area contributed by atoms with E-state index in [-0.39, 0.29) is 12.8 Å². The first-order valence-electron chi connectivity index (χ1n) is 20.3. The van der Waals surface area contributed by atoms with Gasteiger partial charge in [0.1, 0.15) is 43.2 Å². The van der Waals surface area contributed by atoms with E-state index in [9.17, 15) is 44.6 Å². The lowest BCUT2D eigenvalue weighted by Gasteiger charge is -2.41. The van der Waals surface area contributed by atoms with E-state index in [1.165, 1.54) is 0 Å². The third-order valence-corrected chi connectivity index (χ3v) is 9.35. The van der Waals surface area contributed by atoms with Crippen LogP contribution in [0.25, 0.3) is 0 Å². The van der Waals surface area contributed by atoms with Crippen molar-refractivity contribution < 1.29 is 63.1 Å². The van der Waals surface area contributed by atoms with Crippen molar-refractivity contribution in [2.75, 3.05) is 13.2 Å². The number of ether oxygens (including phenoxy) is 2. The van der Waals surface area contributed by atoms with Crippen LogP contribution in [-0.4, -0.2) is 98.3 Å². The lowest BCUT2D eigenvalue weighted by molar-refractivity contribution is -0.220. The highest BCUT2D eigenvalue weighted by atomic mass is 31.2. The summed E-state index contributed by atoms with van der Waals surface area (Å²) in [4.78, 5) is 35.4. The second kappa shape index (κ2) is 34.0. The normalized spacial score (nSPS) is 23.6. The van der Waals surface area contributed by atoms with Crippen LogP contribution in [0.3, 0.4) is 0 Å². The highest BCUT2D eigenvalue weighted by Gasteiger charge is 2.51. The summed E-state index contributed by atoms with van der Waals surface area (Å²) in [6, 6.07) is 0. The van der Waals surface area contributed by atoms with Crippen molar-refractivity contribution in [3.8, 4) is 0 Å². The largest absolute Gasteiger partial charge is 0.472 e. The van der Waals surface area contributed by atoms with E-state index >= 15 is 0 Å². The lowest BCUT2D eigenvalue weighted by atomic mass is 9.85. The summed E-state index contributed by atoms with van der Waals surface area (Å²) in [6.45, 7) is 2.85. The van der Waals surface area contributed by atoms with Crippen molar-refractivity contribution in [3.05, 3.63) is 122 Å². The fourth-order valence-corrected chi connectivity index (χ4v) is 6.11. The van der Waals surface area contributed by atoms with Gasteiger partial charge in [0.2, 0.25) is 0 Å². The molecule has 1 aliphatic carbocycles. The Labute approximate surface area is 350 Å². The first kappa shape index (κ1) is 53.3. The molecule has 0 heterocycles. The number of hydrogen-bond acceptors (Lipinski definition) is 12. The van der Waals surface area contributed by atoms with E-state index in [0.717, 1.165) is 51.4 Å². The predicted octanol–water partition coefficient (Wildman–Crippen LogP) is 7.04. The molecule has 0 amide bonds. The summed E-state index contributed by atoms with van der Waals surface area (Å²) in [6.07, 6.45) is 34.7. The molecule has 6 N–H and O–H groups in total. The summed E-state index contributed by atoms with van der Waals surface area (Å²) in [5.74, 6) is -1.41. The maximum absolute atomic E-state index is 12.8. The van der Waals surface area contributed by atoms with Crippen LogP contribution >= 0.6 is 7.82 Å². The van der Waals surface area contributed by atoms with Crippen LogP contribution in [0.2, 0.25) is 0 Å². The maximum atomic E-state index is 12.8. The molecule has 0 aromatic carbocycles. The van der Waals surface area contributed by atoms with E-state index < -0.39 is 75.7 Å². The zero-order valence-corrected chi connectivity index (χ0v) is 35.4. The summed E-state index contributed by atoms with van der Waals surface area (Å²) < 4.78 is 33.1. The van der Waals surface area contributed by atoms with Gasteiger partial charge in [-0.2, -0.15) is 0 Å². The summed E-state index contributed by atoms with van der Waals surface area (Å²) in [5.41, 5.74) is 0. The molecule has 59 heavy (non-hydrogen) atoms. The van der Waals surface area contributed by atoms with Crippen molar-refractivity contribution in [3.63, 3.8) is 0 Å². The van der Waals surface area contributed by atoms with E-state index in [4.69, 9.17) is 18.5 Å². The van der Waals surface area contributed by atoms with Gasteiger partial charge < -0.3 is 39.9 Å². The lowest BCUT2D eigenvalue weighted by Crippen LogP contribution is -2.64. The topological polar surface area (TPSA) is 210 Å². The highest BCUT2D eigenvalue weighted by Crippen LogP contribution is 2.47. The molecule has 1 rings (SSSR count). The first-order chi connectivity index (χ1) is 28.4. The Kier molecular flexibility index (Phi) is 30.7. The molecule has 6 unspecified atom stereocenters. The van der Waals surface area contributed by atoms with Crippen molar-refractivity contribution in [2.45, 2.75) is 134 Å². The van der Waals surface area contributed by atoms with Crippen molar-refractivity contribution in [1.82, 2.24) is 0 Å². The third-order valence-electron chi connectivity index (χ3n) is 8.36. The minimum absolute atomic E-state index is 0.0926. The number of rotatable bonds is 30. The minimum Gasteiger partial charge on any atom is -0.461 e. The Bertz CT molecular complexity index is 1490. The predicted molar refractivity (Wildman–Crippen MR) is 230 cm³/mol. The number of phosphoric ester groups is 1. The highest BCUT2D eigenvalue weighted by molar-refractivity contribution is 7.47. The zero-order valence-electron chi connectivity index (χ0n) is 34.5. The van der Waals surface area contributed by atoms with Crippen LogP contribution in [-0.2, 0) is 32.7 Å². The Morgan fingerprint density at radius 3 is 1.19 bits per heavy atom. The molecule has 0 aromatic rings. The first-order valence-corrected chi connectivity index (χ1v) is 21.8. The van der Waals surface area contributed by atoms with Gasteiger partial charge in [0.05, 0.1) is 19.4 Å². The Morgan fingerprint density at radius 1 is 0.492 bits per heavy atom. The van der Waals surface area contributed by atoms with Gasteiger partial charge in [-0.05, 0) is 64.2 Å². The average molecular weight is 847 g/mol. The smallest absolute Gasteiger partial charge is 0.461 e. The number of allylic oxidation sites excluding steroid dienone is 18. The molecule has 0 radical (unpaired) electrons. The van der Waals surface area contributed by atoms with Gasteiger partial charge in [-0.3, -0.25) is 18.6 Å². The van der Waals surface area contributed by atoms with Gasteiger partial charge in [0.15, 0.2) is 6.10 Å². The molecule has 13 nitrogen and oxygen atoms in total. The monoisotopic (exact) mass is 846 g/mol. The second-order valence-electron chi connectivity index (χ2n) is 13.4. The fraction of sp³-hybridized carbons (Fsp3) is 0.511. The maximum Gasteiger partial charge on any atom is 0.472 e. The van der Waals surface area contributed by atoms with Crippen molar-refractivity contribution >= 4 is 19.8 Å². The number of carbonyl (C=O) groups excluding carboxylic acids is 2. The van der Waals surface area contributed by atoms with E-state index in [1.807, 2.05) is 24.3 Å². The molecule has 6 atom stereocenters. The van der Waals surface area contributed by atoms with Crippen LogP contribution in [0.1, 0.15) is 90.9 Å².